The molecule has 1 nitrogen and oxygen atoms in total. The Kier molecular flexibility index (Phi) is 4.95. The molecule has 0 aliphatic heterocycles. The van der Waals surface area contributed by atoms with Gasteiger partial charge in [-0.25, -0.2) is 4.39 Å². The van der Waals surface area contributed by atoms with Gasteiger partial charge in [0.15, 0.2) is 0 Å². The van der Waals surface area contributed by atoms with Gasteiger partial charge >= 0.3 is 0 Å². The SMILES string of the molecule is CCNC(c1ccc(C)c(F)c1)c1cc(Br)ccc1C. The van der Waals surface area contributed by atoms with Crippen molar-refractivity contribution in [3.8, 4) is 0 Å². The highest BCUT2D eigenvalue weighted by Crippen LogP contribution is 2.28. The number of hydrogen-bond acceptors (Lipinski definition) is 1. The van der Waals surface area contributed by atoms with Crippen molar-refractivity contribution in [2.45, 2.75) is 26.8 Å². The fourth-order valence-corrected chi connectivity index (χ4v) is 2.70. The molecule has 0 heterocycles. The molecule has 0 fully saturated rings. The van der Waals surface area contributed by atoms with Gasteiger partial charge in [0.25, 0.3) is 0 Å². The standard InChI is InChI=1S/C17H19BrFN/c1-4-20-17(13-7-5-12(3)16(19)9-13)15-10-14(18)8-6-11(15)2/h5-10,17,20H,4H2,1-3H3. The molecule has 2 aromatic carbocycles. The molecule has 1 unspecified atom stereocenters. The van der Waals surface area contributed by atoms with Gasteiger partial charge in [0.2, 0.25) is 0 Å². The summed E-state index contributed by atoms with van der Waals surface area (Å²) in [5.74, 6) is -0.155. The maximum atomic E-state index is 13.8. The Hall–Kier alpha value is -1.19. The molecule has 1 N–H and O–H groups in total. The number of nitrogens with one attached hydrogen (secondary N) is 1. The lowest BCUT2D eigenvalue weighted by atomic mass is 9.94. The topological polar surface area (TPSA) is 12.0 Å². The van der Waals surface area contributed by atoms with Crippen LogP contribution in [-0.2, 0) is 0 Å². The molecule has 1 atom stereocenters. The normalized spacial score (nSPS) is 12.4. The third kappa shape index (κ3) is 3.28. The molecule has 0 spiro atoms. The van der Waals surface area contributed by atoms with Crippen molar-refractivity contribution in [2.24, 2.45) is 0 Å². The van der Waals surface area contributed by atoms with E-state index in [4.69, 9.17) is 0 Å². The minimum Gasteiger partial charge on any atom is -0.307 e. The van der Waals surface area contributed by atoms with E-state index in [2.05, 4.69) is 47.2 Å². The third-order valence-electron chi connectivity index (χ3n) is 3.49. The molecule has 0 bridgehead atoms. The number of rotatable bonds is 4. The van der Waals surface area contributed by atoms with Gasteiger partial charge < -0.3 is 5.32 Å². The van der Waals surface area contributed by atoms with E-state index >= 15 is 0 Å². The van der Waals surface area contributed by atoms with Crippen LogP contribution >= 0.6 is 15.9 Å². The quantitative estimate of drug-likeness (QED) is 0.837. The van der Waals surface area contributed by atoms with E-state index in [-0.39, 0.29) is 11.9 Å². The van der Waals surface area contributed by atoms with Crippen LogP contribution in [0, 0.1) is 19.7 Å². The summed E-state index contributed by atoms with van der Waals surface area (Å²) in [5, 5.41) is 3.44. The van der Waals surface area contributed by atoms with Crippen LogP contribution in [0.2, 0.25) is 0 Å². The Bertz CT molecular complexity index is 610. The number of benzene rings is 2. The predicted octanol–water partition coefficient (Wildman–Crippen LogP) is 4.90. The molecule has 0 saturated carbocycles. The van der Waals surface area contributed by atoms with Crippen molar-refractivity contribution in [3.63, 3.8) is 0 Å². The van der Waals surface area contributed by atoms with Crippen LogP contribution < -0.4 is 5.32 Å². The first kappa shape index (κ1) is 15.2. The Morgan fingerprint density at radius 2 is 1.80 bits per heavy atom. The highest BCUT2D eigenvalue weighted by atomic mass is 79.9. The van der Waals surface area contributed by atoms with Crippen molar-refractivity contribution >= 4 is 15.9 Å². The summed E-state index contributed by atoms with van der Waals surface area (Å²) in [6, 6.07) is 11.7. The maximum Gasteiger partial charge on any atom is 0.126 e. The lowest BCUT2D eigenvalue weighted by molar-refractivity contribution is 0.596. The minimum atomic E-state index is -0.155. The Morgan fingerprint density at radius 1 is 1.10 bits per heavy atom. The predicted molar refractivity (Wildman–Crippen MR) is 85.5 cm³/mol. The molecule has 3 heteroatoms. The van der Waals surface area contributed by atoms with E-state index < -0.39 is 0 Å². The van der Waals surface area contributed by atoms with Crippen molar-refractivity contribution in [2.75, 3.05) is 6.54 Å². The van der Waals surface area contributed by atoms with Gasteiger partial charge in [-0.2, -0.15) is 0 Å². The molecular weight excluding hydrogens is 317 g/mol. The summed E-state index contributed by atoms with van der Waals surface area (Å²) in [4.78, 5) is 0. The molecule has 20 heavy (non-hydrogen) atoms. The zero-order chi connectivity index (χ0) is 14.7. The van der Waals surface area contributed by atoms with Gasteiger partial charge in [0.1, 0.15) is 5.82 Å². The van der Waals surface area contributed by atoms with Gasteiger partial charge in [0, 0.05) is 4.47 Å². The second-order valence-electron chi connectivity index (χ2n) is 5.00. The Labute approximate surface area is 128 Å². The summed E-state index contributed by atoms with van der Waals surface area (Å²) in [6.07, 6.45) is 0. The van der Waals surface area contributed by atoms with E-state index in [1.807, 2.05) is 18.2 Å². The number of halogens is 2. The van der Waals surface area contributed by atoms with E-state index in [9.17, 15) is 4.39 Å². The number of aryl methyl sites for hydroxylation is 2. The molecule has 0 aromatic heterocycles. The minimum absolute atomic E-state index is 0.00704. The summed E-state index contributed by atoms with van der Waals surface area (Å²) in [6.45, 7) is 6.75. The fraction of sp³-hybridized carbons (Fsp3) is 0.294. The Balaban J connectivity index is 2.49. The van der Waals surface area contributed by atoms with Gasteiger partial charge in [-0.05, 0) is 60.8 Å². The van der Waals surface area contributed by atoms with E-state index in [0.717, 1.165) is 16.6 Å². The molecule has 106 valence electrons. The number of hydrogen-bond donors (Lipinski definition) is 1. The largest absolute Gasteiger partial charge is 0.307 e. The smallest absolute Gasteiger partial charge is 0.126 e. The van der Waals surface area contributed by atoms with Crippen LogP contribution in [0.3, 0.4) is 0 Å². The van der Waals surface area contributed by atoms with E-state index in [1.165, 1.54) is 11.1 Å². The second kappa shape index (κ2) is 6.51. The summed E-state index contributed by atoms with van der Waals surface area (Å²) < 4.78 is 14.9. The van der Waals surface area contributed by atoms with Crippen LogP contribution in [0.15, 0.2) is 40.9 Å². The first-order valence-corrected chi connectivity index (χ1v) is 7.57. The van der Waals surface area contributed by atoms with E-state index in [0.29, 0.717) is 5.56 Å². The van der Waals surface area contributed by atoms with Gasteiger partial charge in [0.05, 0.1) is 6.04 Å². The molecule has 2 aromatic rings. The zero-order valence-corrected chi connectivity index (χ0v) is 13.6. The van der Waals surface area contributed by atoms with Crippen LogP contribution in [0.4, 0.5) is 4.39 Å². The molecule has 0 aliphatic carbocycles. The van der Waals surface area contributed by atoms with Crippen molar-refractivity contribution in [3.05, 3.63) is 68.9 Å². The second-order valence-corrected chi connectivity index (χ2v) is 5.92. The van der Waals surface area contributed by atoms with Crippen molar-refractivity contribution < 1.29 is 4.39 Å². The average Bonchev–Trinajstić information content (AvgIpc) is 2.42. The monoisotopic (exact) mass is 335 g/mol. The molecule has 0 aliphatic rings. The zero-order valence-electron chi connectivity index (χ0n) is 12.0. The first-order valence-electron chi connectivity index (χ1n) is 6.78. The molecule has 0 saturated heterocycles. The Morgan fingerprint density at radius 3 is 2.45 bits per heavy atom. The van der Waals surface area contributed by atoms with Crippen LogP contribution in [0.1, 0.15) is 35.2 Å². The lowest BCUT2D eigenvalue weighted by Gasteiger charge is -2.21. The maximum absolute atomic E-state index is 13.8. The van der Waals surface area contributed by atoms with Gasteiger partial charge in [-0.3, -0.25) is 0 Å². The van der Waals surface area contributed by atoms with E-state index in [1.54, 1.807) is 13.0 Å². The average molecular weight is 336 g/mol. The van der Waals surface area contributed by atoms with Crippen LogP contribution in [0.25, 0.3) is 0 Å². The lowest BCUT2D eigenvalue weighted by Crippen LogP contribution is -2.23. The van der Waals surface area contributed by atoms with Gasteiger partial charge in [-0.1, -0.05) is 41.1 Å². The third-order valence-corrected chi connectivity index (χ3v) is 3.98. The van der Waals surface area contributed by atoms with Crippen LogP contribution in [-0.4, -0.2) is 6.54 Å². The molecular formula is C17H19BrFN. The molecule has 0 radical (unpaired) electrons. The van der Waals surface area contributed by atoms with Crippen molar-refractivity contribution in [1.29, 1.82) is 0 Å². The fourth-order valence-electron chi connectivity index (χ4n) is 2.32. The summed E-state index contributed by atoms with van der Waals surface area (Å²) >= 11 is 3.51. The first-order chi connectivity index (χ1) is 9.52. The summed E-state index contributed by atoms with van der Waals surface area (Å²) in [7, 11) is 0. The van der Waals surface area contributed by atoms with Crippen molar-refractivity contribution in [1.82, 2.24) is 5.32 Å². The molecule has 2 rings (SSSR count). The highest BCUT2D eigenvalue weighted by Gasteiger charge is 2.16. The van der Waals surface area contributed by atoms with Gasteiger partial charge in [-0.15, -0.1) is 0 Å². The van der Waals surface area contributed by atoms with Crippen LogP contribution in [0.5, 0.6) is 0 Å². The highest BCUT2D eigenvalue weighted by molar-refractivity contribution is 9.10. The summed E-state index contributed by atoms with van der Waals surface area (Å²) in [5.41, 5.74) is 4.00. The molecule has 0 amide bonds.